The van der Waals surface area contributed by atoms with Gasteiger partial charge in [-0.15, -0.1) is 5.10 Å². The zero-order chi connectivity index (χ0) is 22.5. The molecule has 1 aliphatic carbocycles. The van der Waals surface area contributed by atoms with E-state index in [-0.39, 0.29) is 31.2 Å². The Morgan fingerprint density at radius 3 is 2.31 bits per heavy atom. The van der Waals surface area contributed by atoms with Crippen LogP contribution in [0, 0.1) is 0 Å². The third-order valence-corrected chi connectivity index (χ3v) is 5.72. The van der Waals surface area contributed by atoms with Crippen molar-refractivity contribution in [1.29, 1.82) is 0 Å². The number of rotatable bonds is 8. The van der Waals surface area contributed by atoms with Crippen molar-refractivity contribution in [2.75, 3.05) is 11.9 Å². The lowest BCUT2D eigenvalue weighted by atomic mass is 9.98. The van der Waals surface area contributed by atoms with Crippen LogP contribution in [0.15, 0.2) is 53.9 Å². The Balaban J connectivity index is 1.42. The van der Waals surface area contributed by atoms with Crippen LogP contribution in [0.2, 0.25) is 0 Å². The van der Waals surface area contributed by atoms with E-state index in [9.17, 15) is 14.4 Å². The average molecular weight is 452 g/mol. The molecule has 9 nitrogen and oxygen atoms in total. The summed E-state index contributed by atoms with van der Waals surface area (Å²) in [5.74, 6) is -1.56. The number of hydrogen-bond donors (Lipinski definition) is 3. The van der Waals surface area contributed by atoms with Gasteiger partial charge in [-0.2, -0.15) is 0 Å². The highest BCUT2D eigenvalue weighted by molar-refractivity contribution is 7.03. The van der Waals surface area contributed by atoms with E-state index >= 15 is 0 Å². The van der Waals surface area contributed by atoms with Crippen molar-refractivity contribution in [2.24, 2.45) is 0 Å². The number of ether oxygens (including phenoxy) is 1. The van der Waals surface area contributed by atoms with E-state index in [4.69, 9.17) is 9.84 Å². The van der Waals surface area contributed by atoms with Gasteiger partial charge in [-0.3, -0.25) is 9.59 Å². The van der Waals surface area contributed by atoms with Gasteiger partial charge >= 0.3 is 12.1 Å². The lowest BCUT2D eigenvalue weighted by molar-refractivity contribution is -0.137. The van der Waals surface area contributed by atoms with Crippen molar-refractivity contribution in [3.8, 4) is 11.1 Å². The van der Waals surface area contributed by atoms with Gasteiger partial charge in [0.15, 0.2) is 5.82 Å². The summed E-state index contributed by atoms with van der Waals surface area (Å²) < 4.78 is 9.11. The fourth-order valence-corrected chi connectivity index (χ4v) is 4.14. The van der Waals surface area contributed by atoms with Gasteiger partial charge in [0, 0.05) is 12.3 Å². The molecule has 3 aromatic rings. The van der Waals surface area contributed by atoms with Crippen molar-refractivity contribution in [3.05, 3.63) is 65.0 Å². The number of aromatic nitrogens is 2. The van der Waals surface area contributed by atoms with E-state index in [1.807, 2.05) is 48.5 Å². The summed E-state index contributed by atoms with van der Waals surface area (Å²) in [6, 6.07) is 14.8. The first-order valence-corrected chi connectivity index (χ1v) is 10.8. The number of nitrogens with zero attached hydrogens (tertiary/aromatic N) is 2. The fourth-order valence-electron chi connectivity index (χ4n) is 3.75. The number of benzene rings is 2. The van der Waals surface area contributed by atoms with Gasteiger partial charge in [0.05, 0.1) is 5.38 Å². The molecule has 1 heterocycles. The molecule has 0 saturated heterocycles. The zero-order valence-electron chi connectivity index (χ0n) is 16.9. The summed E-state index contributed by atoms with van der Waals surface area (Å²) in [4.78, 5) is 36.0. The minimum absolute atomic E-state index is 0.0864. The average Bonchev–Trinajstić information content (AvgIpc) is 3.41. The quantitative estimate of drug-likeness (QED) is 0.478. The Morgan fingerprint density at radius 2 is 1.72 bits per heavy atom. The van der Waals surface area contributed by atoms with Crippen LogP contribution in [0.25, 0.3) is 11.1 Å². The lowest BCUT2D eigenvalue weighted by Gasteiger charge is -2.19. The summed E-state index contributed by atoms with van der Waals surface area (Å²) in [6.45, 7) is 0.0864. The smallest absolute Gasteiger partial charge is 0.407 e. The third-order valence-electron chi connectivity index (χ3n) is 5.21. The summed E-state index contributed by atoms with van der Waals surface area (Å²) >= 11 is 1.05. The minimum atomic E-state index is -1.09. The van der Waals surface area contributed by atoms with Gasteiger partial charge in [0.1, 0.15) is 12.6 Å². The van der Waals surface area contributed by atoms with E-state index in [2.05, 4.69) is 20.2 Å². The molecule has 1 aromatic heterocycles. The Kier molecular flexibility index (Phi) is 6.41. The molecule has 1 aliphatic rings. The number of hydrogen-bond acceptors (Lipinski definition) is 7. The Hall–Kier alpha value is -3.79. The molecule has 0 bridgehead atoms. The number of carbonyl (C=O) groups is 3. The third kappa shape index (κ3) is 4.75. The van der Waals surface area contributed by atoms with Crippen LogP contribution in [0.3, 0.4) is 0 Å². The molecule has 4 rings (SSSR count). The molecule has 2 amide bonds. The van der Waals surface area contributed by atoms with Crippen LogP contribution < -0.4 is 10.6 Å². The van der Waals surface area contributed by atoms with Gasteiger partial charge in [0.2, 0.25) is 5.91 Å². The first-order chi connectivity index (χ1) is 15.5. The molecular weight excluding hydrogens is 432 g/mol. The van der Waals surface area contributed by atoms with Crippen molar-refractivity contribution in [2.45, 2.75) is 24.8 Å². The van der Waals surface area contributed by atoms with Gasteiger partial charge in [0.25, 0.3) is 0 Å². The number of carboxylic acids is 1. The molecule has 164 valence electrons. The van der Waals surface area contributed by atoms with E-state index < -0.39 is 24.0 Å². The van der Waals surface area contributed by atoms with Crippen molar-refractivity contribution >= 4 is 35.3 Å². The molecule has 0 fully saturated rings. The van der Waals surface area contributed by atoms with Gasteiger partial charge in [-0.1, -0.05) is 53.0 Å². The molecule has 0 radical (unpaired) electrons. The highest BCUT2D eigenvalue weighted by atomic mass is 32.1. The topological polar surface area (TPSA) is 131 Å². The zero-order valence-corrected chi connectivity index (χ0v) is 17.7. The van der Waals surface area contributed by atoms with Crippen molar-refractivity contribution in [1.82, 2.24) is 14.9 Å². The second-order valence-electron chi connectivity index (χ2n) is 7.23. The molecule has 2 aromatic carbocycles. The molecule has 32 heavy (non-hydrogen) atoms. The second-order valence-corrected chi connectivity index (χ2v) is 7.84. The Morgan fingerprint density at radius 1 is 1.06 bits per heavy atom. The fraction of sp³-hybridized carbons (Fsp3) is 0.227. The summed E-state index contributed by atoms with van der Waals surface area (Å²) in [6.07, 6.45) is -1.19. The van der Waals surface area contributed by atoms with Crippen LogP contribution in [0.4, 0.5) is 10.6 Å². The Bertz CT molecular complexity index is 1090. The maximum absolute atomic E-state index is 12.5. The minimum Gasteiger partial charge on any atom is -0.481 e. The van der Waals surface area contributed by atoms with Crippen LogP contribution in [0.5, 0.6) is 0 Å². The summed E-state index contributed by atoms with van der Waals surface area (Å²) in [5, 5.41) is 19.2. The van der Waals surface area contributed by atoms with Crippen LogP contribution >= 0.6 is 11.5 Å². The normalized spacial score (nSPS) is 13.0. The van der Waals surface area contributed by atoms with E-state index in [1.54, 1.807) is 0 Å². The molecule has 0 aliphatic heterocycles. The number of aliphatic carboxylic acids is 1. The number of fused-ring (bicyclic) bond motifs is 3. The number of carbonyl (C=O) groups excluding carboxylic acids is 2. The van der Waals surface area contributed by atoms with E-state index in [0.717, 1.165) is 33.8 Å². The van der Waals surface area contributed by atoms with E-state index in [1.165, 1.54) is 5.38 Å². The molecule has 3 N–H and O–H groups in total. The van der Waals surface area contributed by atoms with Crippen LogP contribution in [-0.4, -0.2) is 45.3 Å². The van der Waals surface area contributed by atoms with Crippen molar-refractivity contribution < 1.29 is 24.2 Å². The largest absolute Gasteiger partial charge is 0.481 e. The van der Waals surface area contributed by atoms with Crippen LogP contribution in [-0.2, 0) is 14.3 Å². The SMILES string of the molecule is O=C(O)CCC(NC(=O)OCC1c2ccccc2-c2ccccc21)C(=O)Nc1csnn1. The standard InChI is InChI=1S/C22H20N4O5S/c27-20(28)10-9-18(21(29)24-19-12-32-26-25-19)23-22(30)31-11-17-15-7-3-1-5-13(15)14-6-2-4-8-16(14)17/h1-8,12,17-18H,9-11H2,(H,23,30)(H,24,29)(H,27,28). The molecule has 0 saturated carbocycles. The summed E-state index contributed by atoms with van der Waals surface area (Å²) in [7, 11) is 0. The number of nitrogens with one attached hydrogen (secondary N) is 2. The number of amides is 2. The van der Waals surface area contributed by atoms with Crippen molar-refractivity contribution in [3.63, 3.8) is 0 Å². The van der Waals surface area contributed by atoms with Gasteiger partial charge < -0.3 is 20.5 Å². The highest BCUT2D eigenvalue weighted by Gasteiger charge is 2.30. The number of carboxylic acid groups (broad SMARTS) is 1. The highest BCUT2D eigenvalue weighted by Crippen LogP contribution is 2.44. The molecule has 0 spiro atoms. The predicted octanol–water partition coefficient (Wildman–Crippen LogP) is 3.25. The first-order valence-electron chi connectivity index (χ1n) is 9.94. The lowest BCUT2D eigenvalue weighted by Crippen LogP contribution is -2.44. The Labute approximate surface area is 187 Å². The first kappa shape index (κ1) is 21.4. The van der Waals surface area contributed by atoms with E-state index in [0.29, 0.717) is 0 Å². The van der Waals surface area contributed by atoms with Gasteiger partial charge in [-0.25, -0.2) is 4.79 Å². The molecule has 1 atom stereocenters. The molecule has 10 heteroatoms. The molecule has 1 unspecified atom stereocenters. The molecular formula is C22H20N4O5S. The predicted molar refractivity (Wildman–Crippen MR) is 117 cm³/mol. The second kappa shape index (κ2) is 9.56. The maximum Gasteiger partial charge on any atom is 0.407 e. The summed E-state index contributed by atoms with van der Waals surface area (Å²) in [5.41, 5.74) is 4.34. The number of anilines is 1. The van der Waals surface area contributed by atoms with Crippen LogP contribution in [0.1, 0.15) is 29.9 Å². The van der Waals surface area contributed by atoms with Gasteiger partial charge in [-0.05, 0) is 40.2 Å². The maximum atomic E-state index is 12.5. The monoisotopic (exact) mass is 452 g/mol. The number of alkyl carbamates (subject to hydrolysis) is 1.